The summed E-state index contributed by atoms with van der Waals surface area (Å²) in [5.74, 6) is 0. The Hall–Kier alpha value is -1.68. The molecule has 0 saturated heterocycles. The highest BCUT2D eigenvalue weighted by Gasteiger charge is 2.17. The number of halogens is 1. The first-order valence-electron chi connectivity index (χ1n) is 5.57. The van der Waals surface area contributed by atoms with Crippen LogP contribution in [-0.2, 0) is 0 Å². The van der Waals surface area contributed by atoms with Crippen LogP contribution in [0.5, 0.6) is 0 Å². The number of rotatable bonds is 3. The minimum Gasteiger partial charge on any atom is -0.258 e. The monoisotopic (exact) mass is 305 g/mol. The van der Waals surface area contributed by atoms with Crippen molar-refractivity contribution in [1.29, 1.82) is 0 Å². The molecule has 2 aromatic carbocycles. The molecule has 18 heavy (non-hydrogen) atoms. The van der Waals surface area contributed by atoms with Gasteiger partial charge in [-0.1, -0.05) is 52.3 Å². The lowest BCUT2D eigenvalue weighted by Crippen LogP contribution is -1.94. The van der Waals surface area contributed by atoms with Crippen molar-refractivity contribution in [3.63, 3.8) is 0 Å². The summed E-state index contributed by atoms with van der Waals surface area (Å²) in [5.41, 5.74) is 2.56. The number of hydrogen-bond acceptors (Lipinski definition) is 2. The Morgan fingerprint density at radius 1 is 1.17 bits per heavy atom. The van der Waals surface area contributed by atoms with Crippen LogP contribution < -0.4 is 0 Å². The molecule has 0 aromatic heterocycles. The summed E-state index contributed by atoms with van der Waals surface area (Å²) < 4.78 is 0. The maximum Gasteiger partial charge on any atom is 0.277 e. The molecule has 1 atom stereocenters. The minimum atomic E-state index is -0.332. The number of alkyl halides is 1. The summed E-state index contributed by atoms with van der Waals surface area (Å²) in [5, 5.41) is 11.2. The highest BCUT2D eigenvalue weighted by molar-refractivity contribution is 9.09. The van der Waals surface area contributed by atoms with Gasteiger partial charge in [0, 0.05) is 10.9 Å². The van der Waals surface area contributed by atoms with Crippen LogP contribution in [0.2, 0.25) is 0 Å². The first kappa shape index (κ1) is 12.8. The van der Waals surface area contributed by atoms with Crippen LogP contribution in [0, 0.1) is 10.1 Å². The zero-order chi connectivity index (χ0) is 13.1. The third-order valence-electron chi connectivity index (χ3n) is 2.76. The van der Waals surface area contributed by atoms with Gasteiger partial charge in [-0.15, -0.1) is 0 Å². The van der Waals surface area contributed by atoms with Crippen molar-refractivity contribution >= 4 is 21.6 Å². The molecule has 2 aromatic rings. The fourth-order valence-corrected chi connectivity index (χ4v) is 2.09. The van der Waals surface area contributed by atoms with Gasteiger partial charge >= 0.3 is 0 Å². The lowest BCUT2D eigenvalue weighted by Gasteiger charge is -2.07. The van der Waals surface area contributed by atoms with Crippen LogP contribution in [0.15, 0.2) is 48.5 Å². The first-order valence-corrected chi connectivity index (χ1v) is 6.49. The van der Waals surface area contributed by atoms with E-state index in [1.54, 1.807) is 12.1 Å². The van der Waals surface area contributed by atoms with Crippen molar-refractivity contribution in [3.05, 3.63) is 64.2 Å². The molecule has 0 aliphatic heterocycles. The maximum atomic E-state index is 11.2. The van der Waals surface area contributed by atoms with Crippen molar-refractivity contribution in [2.24, 2.45) is 0 Å². The Labute approximate surface area is 114 Å². The number of nitro groups is 1. The van der Waals surface area contributed by atoms with Gasteiger partial charge in [0.05, 0.1) is 10.5 Å². The molecule has 0 aliphatic rings. The molecule has 0 N–H and O–H groups in total. The molecule has 0 radical (unpaired) electrons. The molecule has 0 aliphatic carbocycles. The fourth-order valence-electron chi connectivity index (χ4n) is 1.81. The van der Waals surface area contributed by atoms with E-state index in [0.717, 1.165) is 11.1 Å². The Morgan fingerprint density at radius 2 is 1.83 bits per heavy atom. The predicted octanol–water partition coefficient (Wildman–Crippen LogP) is 4.72. The molecule has 1 unspecified atom stereocenters. The quantitative estimate of drug-likeness (QED) is 0.468. The van der Waals surface area contributed by atoms with Gasteiger partial charge in [-0.3, -0.25) is 10.1 Å². The van der Waals surface area contributed by atoms with Crippen molar-refractivity contribution < 1.29 is 4.92 Å². The SMILES string of the molecule is CC(Br)c1ccc(-c2ccccc2)c([N+](=O)[O-])c1. The maximum absolute atomic E-state index is 11.2. The van der Waals surface area contributed by atoms with E-state index < -0.39 is 0 Å². The Kier molecular flexibility index (Phi) is 3.77. The molecule has 0 heterocycles. The zero-order valence-corrected chi connectivity index (χ0v) is 11.4. The van der Waals surface area contributed by atoms with Crippen molar-refractivity contribution in [1.82, 2.24) is 0 Å². The van der Waals surface area contributed by atoms with Crippen molar-refractivity contribution in [3.8, 4) is 11.1 Å². The Bertz CT molecular complexity index is 567. The predicted molar refractivity (Wildman–Crippen MR) is 75.9 cm³/mol. The third kappa shape index (κ3) is 2.59. The van der Waals surface area contributed by atoms with E-state index in [-0.39, 0.29) is 15.4 Å². The smallest absolute Gasteiger partial charge is 0.258 e. The average molecular weight is 306 g/mol. The highest BCUT2D eigenvalue weighted by atomic mass is 79.9. The van der Waals surface area contributed by atoms with Crippen LogP contribution in [0.25, 0.3) is 11.1 Å². The van der Waals surface area contributed by atoms with Gasteiger partial charge in [-0.2, -0.15) is 0 Å². The molecule has 3 nitrogen and oxygen atoms in total. The molecule has 2 rings (SSSR count). The second-order valence-electron chi connectivity index (χ2n) is 4.02. The topological polar surface area (TPSA) is 43.1 Å². The molecule has 0 fully saturated rings. The summed E-state index contributed by atoms with van der Waals surface area (Å²) >= 11 is 3.42. The lowest BCUT2D eigenvalue weighted by atomic mass is 10.0. The van der Waals surface area contributed by atoms with Gasteiger partial charge in [0.15, 0.2) is 0 Å². The first-order chi connectivity index (χ1) is 8.59. The van der Waals surface area contributed by atoms with E-state index in [1.807, 2.05) is 43.3 Å². The van der Waals surface area contributed by atoms with E-state index in [1.165, 1.54) is 0 Å². The van der Waals surface area contributed by atoms with Crippen LogP contribution >= 0.6 is 15.9 Å². The van der Waals surface area contributed by atoms with E-state index in [2.05, 4.69) is 15.9 Å². The molecule has 4 heteroatoms. The molecular weight excluding hydrogens is 294 g/mol. The molecule has 0 saturated carbocycles. The van der Waals surface area contributed by atoms with E-state index in [4.69, 9.17) is 0 Å². The second-order valence-corrected chi connectivity index (χ2v) is 5.39. The van der Waals surface area contributed by atoms with Gasteiger partial charge in [0.25, 0.3) is 5.69 Å². The normalized spacial score (nSPS) is 12.1. The van der Waals surface area contributed by atoms with Crippen LogP contribution in [0.4, 0.5) is 5.69 Å². The molecule has 0 spiro atoms. The summed E-state index contributed by atoms with van der Waals surface area (Å²) in [6.07, 6.45) is 0. The van der Waals surface area contributed by atoms with Gasteiger partial charge < -0.3 is 0 Å². The molecule has 92 valence electrons. The number of nitrogens with zero attached hydrogens (tertiary/aromatic N) is 1. The highest BCUT2D eigenvalue weighted by Crippen LogP contribution is 2.33. The van der Waals surface area contributed by atoms with Gasteiger partial charge in [0.2, 0.25) is 0 Å². The summed E-state index contributed by atoms with van der Waals surface area (Å²) in [6, 6.07) is 14.7. The molecule has 0 bridgehead atoms. The fraction of sp³-hybridized carbons (Fsp3) is 0.143. The van der Waals surface area contributed by atoms with Gasteiger partial charge in [-0.25, -0.2) is 0 Å². The lowest BCUT2D eigenvalue weighted by molar-refractivity contribution is -0.384. The molecular formula is C14H12BrNO2. The van der Waals surface area contributed by atoms with E-state index in [0.29, 0.717) is 5.56 Å². The number of hydrogen-bond donors (Lipinski definition) is 0. The van der Waals surface area contributed by atoms with Gasteiger partial charge in [-0.05, 0) is 24.1 Å². The number of benzene rings is 2. The third-order valence-corrected chi connectivity index (χ3v) is 3.29. The summed E-state index contributed by atoms with van der Waals surface area (Å²) in [7, 11) is 0. The van der Waals surface area contributed by atoms with Crippen LogP contribution in [-0.4, -0.2) is 4.92 Å². The van der Waals surface area contributed by atoms with Crippen LogP contribution in [0.1, 0.15) is 17.3 Å². The van der Waals surface area contributed by atoms with Crippen molar-refractivity contribution in [2.45, 2.75) is 11.8 Å². The summed E-state index contributed by atoms with van der Waals surface area (Å²) in [6.45, 7) is 1.95. The van der Waals surface area contributed by atoms with E-state index >= 15 is 0 Å². The Balaban J connectivity index is 2.58. The Morgan fingerprint density at radius 3 is 2.39 bits per heavy atom. The second kappa shape index (κ2) is 5.31. The average Bonchev–Trinajstić information content (AvgIpc) is 2.39. The summed E-state index contributed by atoms with van der Waals surface area (Å²) in [4.78, 5) is 10.9. The largest absolute Gasteiger partial charge is 0.277 e. The van der Waals surface area contributed by atoms with E-state index in [9.17, 15) is 10.1 Å². The van der Waals surface area contributed by atoms with Crippen molar-refractivity contribution in [2.75, 3.05) is 0 Å². The molecule has 0 amide bonds. The minimum absolute atomic E-state index is 0.0982. The van der Waals surface area contributed by atoms with Gasteiger partial charge in [0.1, 0.15) is 0 Å². The number of nitro benzene ring substituents is 1. The zero-order valence-electron chi connectivity index (χ0n) is 9.84. The van der Waals surface area contributed by atoms with Crippen LogP contribution in [0.3, 0.4) is 0 Å². The standard InChI is InChI=1S/C14H12BrNO2/c1-10(15)12-7-8-13(14(9-12)16(17)18)11-5-3-2-4-6-11/h2-10H,1H3.